The molecule has 1 atom stereocenters. The summed E-state index contributed by atoms with van der Waals surface area (Å²) in [6.07, 6.45) is 2.66. The van der Waals surface area contributed by atoms with Crippen LogP contribution in [0, 0.1) is 0 Å². The average Bonchev–Trinajstić information content (AvgIpc) is 2.96. The second-order valence-electron chi connectivity index (χ2n) is 10.3. The highest BCUT2D eigenvalue weighted by Gasteiger charge is 2.21. The molecular weight excluding hydrogens is 612 g/mol. The number of hydrogen-bond donors (Lipinski definition) is 3. The first-order chi connectivity index (χ1) is 20.8. The number of pyridine rings is 1. The van der Waals surface area contributed by atoms with Crippen LogP contribution in [0.3, 0.4) is 0 Å². The highest BCUT2D eigenvalue weighted by atomic mass is 35.5. The van der Waals surface area contributed by atoms with Crippen molar-refractivity contribution in [3.8, 4) is 5.75 Å². The van der Waals surface area contributed by atoms with E-state index in [0.717, 1.165) is 0 Å². The number of benzene rings is 2. The van der Waals surface area contributed by atoms with Gasteiger partial charge in [0.25, 0.3) is 11.8 Å². The summed E-state index contributed by atoms with van der Waals surface area (Å²) in [5.41, 5.74) is -0.421. The number of anilines is 2. The summed E-state index contributed by atoms with van der Waals surface area (Å²) >= 11 is 5.87. The molecule has 0 saturated heterocycles. The lowest BCUT2D eigenvalue weighted by Gasteiger charge is -2.19. The molecule has 0 aliphatic heterocycles. The zero-order valence-corrected chi connectivity index (χ0v) is 26.4. The normalized spacial score (nSPS) is 11.6. The molecule has 2 aromatic carbocycles. The molecule has 0 saturated carbocycles. The van der Waals surface area contributed by atoms with E-state index in [-0.39, 0.29) is 47.1 Å². The Morgan fingerprint density at radius 3 is 2.30 bits per heavy atom. The minimum Gasteiger partial charge on any atom is -0.493 e. The molecule has 1 heterocycles. The van der Waals surface area contributed by atoms with E-state index < -0.39 is 40.3 Å². The molecule has 0 radical (unpaired) electrons. The Kier molecular flexibility index (Phi) is 11.8. The molecule has 3 amide bonds. The fraction of sp³-hybridized carbons (Fsp3) is 0.300. The van der Waals surface area contributed by atoms with Crippen LogP contribution in [0.4, 0.5) is 16.3 Å². The maximum absolute atomic E-state index is 13.5. The number of nitrogens with one attached hydrogen (secondary N) is 3. The standard InChI is InChI=1S/C30H33ClN4O8S/c1-30(2,3)43-29(39)32-13-6-14-42-24-16-20(44(5)40)9-11-22(24)27(37)34-23-15-18(28(38)41-4)7-10-21(23)26(36)35-25-12-8-19(31)17-33-25/h7-12,15-17H,6,13-14H2,1-5H3,(H,32,39)(H,34,37)(H,33,35,36). The molecule has 3 aromatic rings. The van der Waals surface area contributed by atoms with E-state index in [1.807, 2.05) is 0 Å². The van der Waals surface area contributed by atoms with Crippen LogP contribution in [-0.4, -0.2) is 65.2 Å². The van der Waals surface area contributed by atoms with Gasteiger partial charge < -0.3 is 30.2 Å². The van der Waals surface area contributed by atoms with E-state index in [1.54, 1.807) is 26.8 Å². The summed E-state index contributed by atoms with van der Waals surface area (Å²) in [5.74, 6) is -1.61. The van der Waals surface area contributed by atoms with E-state index in [1.165, 1.54) is 62.0 Å². The zero-order chi connectivity index (χ0) is 32.4. The van der Waals surface area contributed by atoms with Gasteiger partial charge in [-0.2, -0.15) is 0 Å². The van der Waals surface area contributed by atoms with Crippen molar-refractivity contribution in [2.75, 3.05) is 37.2 Å². The number of hydrogen-bond acceptors (Lipinski definition) is 9. The minimum absolute atomic E-state index is 0.0139. The lowest BCUT2D eigenvalue weighted by molar-refractivity contribution is 0.0524. The number of rotatable bonds is 11. The van der Waals surface area contributed by atoms with E-state index in [4.69, 9.17) is 25.8 Å². The number of methoxy groups -OCH3 is 1. The van der Waals surface area contributed by atoms with Crippen molar-refractivity contribution >= 4 is 57.8 Å². The molecule has 0 spiro atoms. The van der Waals surface area contributed by atoms with Gasteiger partial charge in [0.2, 0.25) is 0 Å². The first-order valence-electron chi connectivity index (χ1n) is 13.3. The molecule has 0 aliphatic carbocycles. The van der Waals surface area contributed by atoms with Gasteiger partial charge in [-0.3, -0.25) is 13.8 Å². The summed E-state index contributed by atoms with van der Waals surface area (Å²) in [6, 6.07) is 11.6. The van der Waals surface area contributed by atoms with Crippen LogP contribution < -0.4 is 20.7 Å². The Labute approximate surface area is 262 Å². The largest absolute Gasteiger partial charge is 0.493 e. The Hall–Kier alpha value is -4.49. The SMILES string of the molecule is COC(=O)c1ccc(C(=O)Nc2ccc(Cl)cn2)c(NC(=O)c2ccc(S(C)=O)cc2OCCCNC(=O)OC(C)(C)C)c1. The number of halogens is 1. The summed E-state index contributed by atoms with van der Waals surface area (Å²) in [6.45, 7) is 5.62. The number of nitrogens with zero attached hydrogens (tertiary/aromatic N) is 1. The van der Waals surface area contributed by atoms with Gasteiger partial charge in [-0.25, -0.2) is 14.6 Å². The highest BCUT2D eigenvalue weighted by Crippen LogP contribution is 2.26. The minimum atomic E-state index is -1.37. The molecule has 1 unspecified atom stereocenters. The fourth-order valence-corrected chi connectivity index (χ4v) is 4.31. The van der Waals surface area contributed by atoms with Gasteiger partial charge in [0.15, 0.2) is 0 Å². The van der Waals surface area contributed by atoms with Crippen LogP contribution in [0.25, 0.3) is 0 Å². The van der Waals surface area contributed by atoms with Crippen LogP contribution in [0.1, 0.15) is 58.3 Å². The number of esters is 1. The third kappa shape index (κ3) is 10.1. The molecule has 3 N–H and O–H groups in total. The Bertz CT molecular complexity index is 1560. The van der Waals surface area contributed by atoms with Gasteiger partial charge in [0.05, 0.1) is 41.1 Å². The van der Waals surface area contributed by atoms with E-state index in [2.05, 4.69) is 20.9 Å². The number of ether oxygens (including phenoxy) is 3. The topological polar surface area (TPSA) is 162 Å². The smallest absolute Gasteiger partial charge is 0.407 e. The number of carbonyl (C=O) groups is 4. The van der Waals surface area contributed by atoms with Crippen LogP contribution in [0.5, 0.6) is 5.75 Å². The highest BCUT2D eigenvalue weighted by molar-refractivity contribution is 7.84. The van der Waals surface area contributed by atoms with Crippen LogP contribution >= 0.6 is 11.6 Å². The van der Waals surface area contributed by atoms with Gasteiger partial charge in [0, 0.05) is 34.7 Å². The fourth-order valence-electron chi connectivity index (χ4n) is 3.66. The van der Waals surface area contributed by atoms with Gasteiger partial charge in [-0.1, -0.05) is 11.6 Å². The molecule has 0 fully saturated rings. The molecule has 44 heavy (non-hydrogen) atoms. The van der Waals surface area contributed by atoms with Crippen LogP contribution in [-0.2, 0) is 20.3 Å². The summed E-state index contributed by atoms with van der Waals surface area (Å²) in [5, 5.41) is 8.30. The maximum atomic E-state index is 13.5. The van der Waals surface area contributed by atoms with E-state index in [0.29, 0.717) is 16.3 Å². The summed E-state index contributed by atoms with van der Waals surface area (Å²) in [7, 11) is -0.160. The quantitative estimate of drug-likeness (QED) is 0.191. The van der Waals surface area contributed by atoms with Crippen molar-refractivity contribution in [3.05, 3.63) is 76.4 Å². The first-order valence-corrected chi connectivity index (χ1v) is 15.2. The molecule has 3 rings (SSSR count). The van der Waals surface area contributed by atoms with Crippen LogP contribution in [0.2, 0.25) is 5.02 Å². The van der Waals surface area contributed by atoms with Crippen molar-refractivity contribution < 1.29 is 37.6 Å². The number of carbonyl (C=O) groups excluding carboxylic acids is 4. The Balaban J connectivity index is 1.83. The second-order valence-corrected chi connectivity index (χ2v) is 12.1. The van der Waals surface area contributed by atoms with E-state index >= 15 is 0 Å². The van der Waals surface area contributed by atoms with E-state index in [9.17, 15) is 23.4 Å². The number of amides is 3. The summed E-state index contributed by atoms with van der Waals surface area (Å²) < 4.78 is 28.0. The molecule has 0 aliphatic rings. The Morgan fingerprint density at radius 1 is 0.955 bits per heavy atom. The molecule has 12 nitrogen and oxygen atoms in total. The van der Waals surface area contributed by atoms with Crippen LogP contribution in [0.15, 0.2) is 59.6 Å². The lowest BCUT2D eigenvalue weighted by atomic mass is 10.1. The van der Waals surface area contributed by atoms with Gasteiger partial charge in [-0.05, 0) is 75.7 Å². The predicted molar refractivity (Wildman–Crippen MR) is 166 cm³/mol. The van der Waals surface area contributed by atoms with Crippen molar-refractivity contribution in [1.29, 1.82) is 0 Å². The van der Waals surface area contributed by atoms with Crippen molar-refractivity contribution in [2.45, 2.75) is 37.7 Å². The van der Waals surface area contributed by atoms with Crippen molar-refractivity contribution in [3.63, 3.8) is 0 Å². The molecular formula is C30H33ClN4O8S. The molecule has 1 aromatic heterocycles. The average molecular weight is 645 g/mol. The predicted octanol–water partition coefficient (Wildman–Crippen LogP) is 5.06. The third-order valence-electron chi connectivity index (χ3n) is 5.68. The van der Waals surface area contributed by atoms with Crippen molar-refractivity contribution in [2.24, 2.45) is 0 Å². The summed E-state index contributed by atoms with van der Waals surface area (Å²) in [4.78, 5) is 55.3. The zero-order valence-electron chi connectivity index (χ0n) is 24.8. The van der Waals surface area contributed by atoms with Gasteiger partial charge in [0.1, 0.15) is 17.2 Å². The second kappa shape index (κ2) is 15.3. The Morgan fingerprint density at radius 2 is 1.66 bits per heavy atom. The third-order valence-corrected chi connectivity index (χ3v) is 6.82. The monoisotopic (exact) mass is 644 g/mol. The van der Waals surface area contributed by atoms with Crippen molar-refractivity contribution in [1.82, 2.24) is 10.3 Å². The molecule has 0 bridgehead atoms. The number of aromatic nitrogens is 1. The van der Waals surface area contributed by atoms with Gasteiger partial charge in [-0.15, -0.1) is 0 Å². The maximum Gasteiger partial charge on any atom is 0.407 e. The molecule has 234 valence electrons. The lowest BCUT2D eigenvalue weighted by Crippen LogP contribution is -2.33. The molecule has 14 heteroatoms. The van der Waals surface area contributed by atoms with Gasteiger partial charge >= 0.3 is 12.1 Å². The first kappa shape index (κ1) is 34.0. The number of alkyl carbamates (subject to hydrolysis) is 1.